The molecule has 0 fully saturated rings. The lowest BCUT2D eigenvalue weighted by Crippen LogP contribution is -2.32. The maximum absolute atomic E-state index is 8.79. The van der Waals surface area contributed by atoms with E-state index in [2.05, 4.69) is 10.2 Å². The van der Waals surface area contributed by atoms with Crippen molar-refractivity contribution in [3.05, 3.63) is 11.5 Å². The Hall–Kier alpha value is -1.10. The zero-order valence-electron chi connectivity index (χ0n) is 5.70. The average Bonchev–Trinajstić information content (AvgIpc) is 2.19. The molecule has 1 rings (SSSR count). The second kappa shape index (κ2) is 1.95. The van der Waals surface area contributed by atoms with Crippen LogP contribution in [0.25, 0.3) is 0 Å². The first kappa shape index (κ1) is 7.01. The Kier molecular flexibility index (Phi) is 1.37. The van der Waals surface area contributed by atoms with Gasteiger partial charge in [-0.1, -0.05) is 0 Å². The van der Waals surface area contributed by atoms with Gasteiger partial charge in [0.15, 0.2) is 5.82 Å². The molecule has 56 valence electrons. The van der Waals surface area contributed by atoms with Gasteiger partial charge >= 0.3 is 0 Å². The molecule has 0 saturated carbocycles. The molecule has 1 atom stereocenters. The highest BCUT2D eigenvalue weighted by Gasteiger charge is 2.32. The molecule has 0 saturated heterocycles. The number of aliphatic hydroxyl groups is 1. The molecule has 0 amide bonds. The summed E-state index contributed by atoms with van der Waals surface area (Å²) in [6.07, 6.45) is 0. The van der Waals surface area contributed by atoms with Crippen LogP contribution in [0.1, 0.15) is 6.92 Å². The van der Waals surface area contributed by atoms with Crippen molar-refractivity contribution in [2.45, 2.75) is 12.5 Å². The number of hydrogen-bond donors (Lipinski definition) is 3. The maximum Gasteiger partial charge on any atom is 0.167 e. The summed E-state index contributed by atoms with van der Waals surface area (Å²) in [5, 5.41) is 16.0. The Labute approximate surface area is 58.4 Å². The number of hydrogen-bond acceptors (Lipinski definition) is 5. The number of nitrogens with zero attached hydrogens (tertiary/aromatic N) is 2. The van der Waals surface area contributed by atoms with Gasteiger partial charge in [0, 0.05) is 0 Å². The molecule has 1 unspecified atom stereocenters. The van der Waals surface area contributed by atoms with E-state index in [0.29, 0.717) is 5.70 Å². The van der Waals surface area contributed by atoms with Crippen LogP contribution in [0.4, 0.5) is 0 Å². The summed E-state index contributed by atoms with van der Waals surface area (Å²) in [5.41, 5.74) is 10.3. The fourth-order valence-electron chi connectivity index (χ4n) is 0.665. The Morgan fingerprint density at radius 3 is 2.40 bits per heavy atom. The highest BCUT2D eigenvalue weighted by atomic mass is 16.3. The highest BCUT2D eigenvalue weighted by Crippen LogP contribution is 2.24. The lowest BCUT2D eigenvalue weighted by molar-refractivity contribution is 0.230. The molecule has 0 radical (unpaired) electrons. The second-order valence-corrected chi connectivity index (χ2v) is 2.43. The Morgan fingerprint density at radius 1 is 1.60 bits per heavy atom. The molecule has 0 aromatic carbocycles. The standard InChI is InChI=1S/C5H10N4O/c1-5(2-10)3(6)4(7)8-9-5/h10H,2,6-7H2,1H3. The van der Waals surface area contributed by atoms with Gasteiger partial charge in [-0.3, -0.25) is 0 Å². The van der Waals surface area contributed by atoms with Crippen molar-refractivity contribution in [1.29, 1.82) is 0 Å². The Balaban J connectivity index is 2.96. The molecule has 5 nitrogen and oxygen atoms in total. The SMILES string of the molecule is CC1(CO)N=NC(N)=C1N. The molecule has 10 heavy (non-hydrogen) atoms. The van der Waals surface area contributed by atoms with E-state index in [-0.39, 0.29) is 12.4 Å². The van der Waals surface area contributed by atoms with Crippen LogP contribution < -0.4 is 11.5 Å². The first-order valence-electron chi connectivity index (χ1n) is 2.89. The van der Waals surface area contributed by atoms with Crippen molar-refractivity contribution in [2.24, 2.45) is 21.7 Å². The van der Waals surface area contributed by atoms with Crippen LogP contribution in [-0.4, -0.2) is 17.3 Å². The van der Waals surface area contributed by atoms with Crippen molar-refractivity contribution in [3.8, 4) is 0 Å². The third-order valence-electron chi connectivity index (χ3n) is 1.54. The van der Waals surface area contributed by atoms with Gasteiger partial charge in [-0.05, 0) is 6.92 Å². The first-order chi connectivity index (χ1) is 4.60. The number of aliphatic hydroxyl groups excluding tert-OH is 1. The fraction of sp³-hybridized carbons (Fsp3) is 0.600. The van der Waals surface area contributed by atoms with E-state index in [4.69, 9.17) is 16.6 Å². The second-order valence-electron chi connectivity index (χ2n) is 2.43. The molecule has 1 heterocycles. The van der Waals surface area contributed by atoms with E-state index >= 15 is 0 Å². The van der Waals surface area contributed by atoms with E-state index in [1.807, 2.05) is 0 Å². The van der Waals surface area contributed by atoms with Crippen LogP contribution in [0.5, 0.6) is 0 Å². The summed E-state index contributed by atoms with van der Waals surface area (Å²) < 4.78 is 0. The van der Waals surface area contributed by atoms with Gasteiger partial charge in [0.05, 0.1) is 12.3 Å². The van der Waals surface area contributed by atoms with Gasteiger partial charge < -0.3 is 16.6 Å². The Bertz CT molecular complexity index is 210. The van der Waals surface area contributed by atoms with Gasteiger partial charge in [0.2, 0.25) is 0 Å². The van der Waals surface area contributed by atoms with Gasteiger partial charge in [0.25, 0.3) is 0 Å². The highest BCUT2D eigenvalue weighted by molar-refractivity contribution is 5.23. The molecule has 0 aliphatic carbocycles. The molecule has 0 spiro atoms. The van der Waals surface area contributed by atoms with Crippen LogP contribution in [0.15, 0.2) is 21.7 Å². The number of rotatable bonds is 1. The van der Waals surface area contributed by atoms with Gasteiger partial charge in [-0.2, -0.15) is 5.11 Å². The third kappa shape index (κ3) is 0.750. The summed E-state index contributed by atoms with van der Waals surface area (Å²) >= 11 is 0. The molecular weight excluding hydrogens is 132 g/mol. The zero-order valence-corrected chi connectivity index (χ0v) is 5.70. The summed E-state index contributed by atoms with van der Waals surface area (Å²) in [7, 11) is 0. The maximum atomic E-state index is 8.79. The molecule has 5 N–H and O–H groups in total. The quantitative estimate of drug-likeness (QED) is 0.451. The minimum Gasteiger partial charge on any atom is -0.397 e. The number of nitrogens with two attached hydrogens (primary N) is 2. The molecule has 1 aliphatic rings. The summed E-state index contributed by atoms with van der Waals surface area (Å²) in [5.74, 6) is 0.205. The van der Waals surface area contributed by atoms with E-state index in [9.17, 15) is 0 Å². The van der Waals surface area contributed by atoms with Crippen LogP contribution in [0.2, 0.25) is 0 Å². The third-order valence-corrected chi connectivity index (χ3v) is 1.54. The lowest BCUT2D eigenvalue weighted by atomic mass is 10.0. The number of azo groups is 1. The lowest BCUT2D eigenvalue weighted by Gasteiger charge is -2.15. The topological polar surface area (TPSA) is 97.0 Å². The Morgan fingerprint density at radius 2 is 2.20 bits per heavy atom. The zero-order chi connectivity index (χ0) is 7.78. The van der Waals surface area contributed by atoms with Crippen molar-refractivity contribution in [3.63, 3.8) is 0 Å². The molecule has 1 aliphatic heterocycles. The average molecular weight is 142 g/mol. The molecule has 0 aromatic rings. The summed E-state index contributed by atoms with van der Waals surface area (Å²) in [4.78, 5) is 0. The smallest absolute Gasteiger partial charge is 0.167 e. The van der Waals surface area contributed by atoms with Crippen LogP contribution in [-0.2, 0) is 0 Å². The molecule has 0 bridgehead atoms. The normalized spacial score (nSPS) is 31.8. The van der Waals surface area contributed by atoms with E-state index in [1.54, 1.807) is 6.92 Å². The molecule has 5 heteroatoms. The van der Waals surface area contributed by atoms with Crippen molar-refractivity contribution in [2.75, 3.05) is 6.61 Å². The van der Waals surface area contributed by atoms with Gasteiger partial charge in [0.1, 0.15) is 5.54 Å². The van der Waals surface area contributed by atoms with E-state index in [1.165, 1.54) is 0 Å². The van der Waals surface area contributed by atoms with E-state index < -0.39 is 5.54 Å². The summed E-state index contributed by atoms with van der Waals surface area (Å²) in [6, 6.07) is 0. The fourth-order valence-corrected chi connectivity index (χ4v) is 0.665. The molecular formula is C5H10N4O. The monoisotopic (exact) mass is 142 g/mol. The van der Waals surface area contributed by atoms with Crippen LogP contribution >= 0.6 is 0 Å². The first-order valence-corrected chi connectivity index (χ1v) is 2.89. The van der Waals surface area contributed by atoms with Crippen LogP contribution in [0.3, 0.4) is 0 Å². The van der Waals surface area contributed by atoms with Gasteiger partial charge in [-0.25, -0.2) is 0 Å². The van der Waals surface area contributed by atoms with Crippen molar-refractivity contribution < 1.29 is 5.11 Å². The minimum atomic E-state index is -0.788. The van der Waals surface area contributed by atoms with Crippen molar-refractivity contribution in [1.82, 2.24) is 0 Å². The van der Waals surface area contributed by atoms with Crippen molar-refractivity contribution >= 4 is 0 Å². The van der Waals surface area contributed by atoms with Crippen LogP contribution in [0, 0.1) is 0 Å². The van der Waals surface area contributed by atoms with E-state index in [0.717, 1.165) is 0 Å². The summed E-state index contributed by atoms with van der Waals surface area (Å²) in [6.45, 7) is 1.51. The predicted molar refractivity (Wildman–Crippen MR) is 35.7 cm³/mol. The molecule has 0 aromatic heterocycles. The largest absolute Gasteiger partial charge is 0.397 e. The van der Waals surface area contributed by atoms with Gasteiger partial charge in [-0.15, -0.1) is 5.11 Å². The predicted octanol–water partition coefficient (Wildman–Crippen LogP) is -0.710. The minimum absolute atomic E-state index is 0.164.